The van der Waals surface area contributed by atoms with E-state index in [0.717, 1.165) is 23.7 Å². The molecule has 1 N–H and O–H groups in total. The lowest BCUT2D eigenvalue weighted by atomic mass is 9.46. The van der Waals surface area contributed by atoms with Gasteiger partial charge < -0.3 is 5.11 Å². The van der Waals surface area contributed by atoms with Gasteiger partial charge in [0.15, 0.2) is 0 Å². The Balaban J connectivity index is 1.59. The van der Waals surface area contributed by atoms with Gasteiger partial charge in [0.2, 0.25) is 0 Å². The van der Waals surface area contributed by atoms with Gasteiger partial charge in [-0.2, -0.15) is 0 Å². The van der Waals surface area contributed by atoms with Crippen molar-refractivity contribution in [1.82, 2.24) is 0 Å². The standard InChI is InChI=1S/C18H30O/c1-11-3-4-15(5-12(11)2)18(19)16-7-13-6-14(9-16)10-17(18)8-13/h11-17,19H,3-10H2,1-2H3. The molecule has 0 aromatic heterocycles. The minimum atomic E-state index is -0.262. The number of hydrogen-bond donors (Lipinski definition) is 1. The average Bonchev–Trinajstić information content (AvgIpc) is 2.38. The monoisotopic (exact) mass is 262 g/mol. The smallest absolute Gasteiger partial charge is 0.0732 e. The topological polar surface area (TPSA) is 20.2 Å². The highest BCUT2D eigenvalue weighted by molar-refractivity contribution is 5.10. The van der Waals surface area contributed by atoms with Crippen LogP contribution in [0.15, 0.2) is 0 Å². The summed E-state index contributed by atoms with van der Waals surface area (Å²) in [4.78, 5) is 0. The average molecular weight is 262 g/mol. The van der Waals surface area contributed by atoms with E-state index in [-0.39, 0.29) is 5.60 Å². The fourth-order valence-corrected chi connectivity index (χ4v) is 6.57. The molecule has 5 fully saturated rings. The van der Waals surface area contributed by atoms with E-state index >= 15 is 0 Å². The summed E-state index contributed by atoms with van der Waals surface area (Å²) in [6, 6.07) is 0. The van der Waals surface area contributed by atoms with Crippen LogP contribution in [0.3, 0.4) is 0 Å². The van der Waals surface area contributed by atoms with E-state index in [1.54, 1.807) is 0 Å². The molecule has 0 aliphatic heterocycles. The zero-order valence-electron chi connectivity index (χ0n) is 12.6. The summed E-state index contributed by atoms with van der Waals surface area (Å²) in [6.07, 6.45) is 10.8. The van der Waals surface area contributed by atoms with Gasteiger partial charge in [-0.3, -0.25) is 0 Å². The summed E-state index contributed by atoms with van der Waals surface area (Å²) in [5.41, 5.74) is -0.262. The SMILES string of the molecule is CC1CCC(C2(O)C3CC4CC(C3)CC2C4)CC1C. The van der Waals surface area contributed by atoms with Crippen molar-refractivity contribution >= 4 is 0 Å². The summed E-state index contributed by atoms with van der Waals surface area (Å²) >= 11 is 0. The molecule has 0 aromatic carbocycles. The van der Waals surface area contributed by atoms with Gasteiger partial charge in [-0.15, -0.1) is 0 Å². The van der Waals surface area contributed by atoms with Crippen molar-refractivity contribution in [3.63, 3.8) is 0 Å². The van der Waals surface area contributed by atoms with Crippen LogP contribution in [-0.4, -0.2) is 10.7 Å². The Kier molecular flexibility index (Phi) is 2.82. The second-order valence-electron chi connectivity index (χ2n) is 8.66. The minimum Gasteiger partial charge on any atom is -0.389 e. The summed E-state index contributed by atoms with van der Waals surface area (Å²) in [6.45, 7) is 4.82. The van der Waals surface area contributed by atoms with Gasteiger partial charge in [-0.25, -0.2) is 0 Å². The molecule has 3 atom stereocenters. The van der Waals surface area contributed by atoms with Gasteiger partial charge >= 0.3 is 0 Å². The van der Waals surface area contributed by atoms with Crippen LogP contribution >= 0.6 is 0 Å². The molecule has 0 radical (unpaired) electrons. The summed E-state index contributed by atoms with van der Waals surface area (Å²) < 4.78 is 0. The molecule has 0 amide bonds. The lowest BCUT2D eigenvalue weighted by Gasteiger charge is -2.62. The van der Waals surface area contributed by atoms with Crippen LogP contribution in [0.5, 0.6) is 0 Å². The van der Waals surface area contributed by atoms with Crippen molar-refractivity contribution < 1.29 is 5.11 Å². The van der Waals surface area contributed by atoms with Crippen LogP contribution in [0.2, 0.25) is 0 Å². The van der Waals surface area contributed by atoms with E-state index in [1.165, 1.54) is 51.4 Å². The predicted molar refractivity (Wildman–Crippen MR) is 77.7 cm³/mol. The summed E-state index contributed by atoms with van der Waals surface area (Å²) in [7, 11) is 0. The summed E-state index contributed by atoms with van der Waals surface area (Å²) in [5.74, 6) is 5.58. The first kappa shape index (κ1) is 12.7. The Morgan fingerprint density at radius 3 is 1.79 bits per heavy atom. The molecular formula is C18H30O. The molecule has 5 rings (SSSR count). The van der Waals surface area contributed by atoms with Crippen molar-refractivity contribution in [3.05, 3.63) is 0 Å². The highest BCUT2D eigenvalue weighted by atomic mass is 16.3. The first-order valence-electron chi connectivity index (χ1n) is 8.79. The maximum atomic E-state index is 11.6. The largest absolute Gasteiger partial charge is 0.389 e. The van der Waals surface area contributed by atoms with Gasteiger partial charge in [0, 0.05) is 0 Å². The molecular weight excluding hydrogens is 232 g/mol. The van der Waals surface area contributed by atoms with Crippen LogP contribution < -0.4 is 0 Å². The van der Waals surface area contributed by atoms with Crippen molar-refractivity contribution in [1.29, 1.82) is 0 Å². The number of rotatable bonds is 1. The Morgan fingerprint density at radius 2 is 1.26 bits per heavy atom. The van der Waals surface area contributed by atoms with Gasteiger partial charge in [0.25, 0.3) is 0 Å². The second kappa shape index (κ2) is 4.23. The molecule has 0 saturated heterocycles. The Morgan fingerprint density at radius 1 is 0.684 bits per heavy atom. The molecule has 5 saturated carbocycles. The fraction of sp³-hybridized carbons (Fsp3) is 1.00. The molecule has 0 aromatic rings. The predicted octanol–water partition coefficient (Wildman–Crippen LogP) is 4.25. The van der Waals surface area contributed by atoms with Gasteiger partial charge in [-0.05, 0) is 86.4 Å². The van der Waals surface area contributed by atoms with Crippen LogP contribution in [0, 0.1) is 41.4 Å². The lowest BCUT2D eigenvalue weighted by Crippen LogP contribution is -2.62. The van der Waals surface area contributed by atoms with Crippen LogP contribution in [0.4, 0.5) is 0 Å². The van der Waals surface area contributed by atoms with E-state index in [4.69, 9.17) is 0 Å². The zero-order valence-corrected chi connectivity index (χ0v) is 12.6. The van der Waals surface area contributed by atoms with Crippen LogP contribution in [0.25, 0.3) is 0 Å². The molecule has 4 bridgehead atoms. The van der Waals surface area contributed by atoms with Crippen molar-refractivity contribution in [2.45, 2.75) is 70.8 Å². The third kappa shape index (κ3) is 1.76. The molecule has 19 heavy (non-hydrogen) atoms. The molecule has 1 nitrogen and oxygen atoms in total. The highest BCUT2D eigenvalue weighted by Gasteiger charge is 2.59. The number of aliphatic hydroxyl groups is 1. The zero-order chi connectivity index (χ0) is 13.2. The maximum absolute atomic E-state index is 11.6. The maximum Gasteiger partial charge on any atom is 0.0732 e. The van der Waals surface area contributed by atoms with Gasteiger partial charge in [-0.1, -0.05) is 20.3 Å². The van der Waals surface area contributed by atoms with Crippen molar-refractivity contribution in [2.75, 3.05) is 0 Å². The molecule has 3 unspecified atom stereocenters. The Hall–Kier alpha value is -0.0400. The highest BCUT2D eigenvalue weighted by Crippen LogP contribution is 2.62. The molecule has 1 heteroatoms. The first-order chi connectivity index (χ1) is 9.07. The number of hydrogen-bond acceptors (Lipinski definition) is 1. The molecule has 0 heterocycles. The lowest BCUT2D eigenvalue weighted by molar-refractivity contribution is -0.210. The third-order valence-electron chi connectivity index (χ3n) is 7.70. The van der Waals surface area contributed by atoms with Crippen LogP contribution in [0.1, 0.15) is 65.2 Å². The molecule has 0 spiro atoms. The molecule has 5 aliphatic rings. The molecule has 5 aliphatic carbocycles. The third-order valence-corrected chi connectivity index (χ3v) is 7.70. The van der Waals surface area contributed by atoms with E-state index in [0.29, 0.717) is 17.8 Å². The van der Waals surface area contributed by atoms with Gasteiger partial charge in [0.05, 0.1) is 5.60 Å². The summed E-state index contributed by atoms with van der Waals surface area (Å²) in [5, 5.41) is 11.6. The van der Waals surface area contributed by atoms with Crippen molar-refractivity contribution in [2.24, 2.45) is 41.4 Å². The molecule has 108 valence electrons. The van der Waals surface area contributed by atoms with E-state index in [2.05, 4.69) is 13.8 Å². The minimum absolute atomic E-state index is 0.262. The Bertz CT molecular complexity index is 333. The van der Waals surface area contributed by atoms with Gasteiger partial charge in [0.1, 0.15) is 0 Å². The fourth-order valence-electron chi connectivity index (χ4n) is 6.57. The van der Waals surface area contributed by atoms with E-state index in [1.807, 2.05) is 0 Å². The van der Waals surface area contributed by atoms with E-state index < -0.39 is 0 Å². The van der Waals surface area contributed by atoms with Crippen molar-refractivity contribution in [3.8, 4) is 0 Å². The van der Waals surface area contributed by atoms with Crippen LogP contribution in [-0.2, 0) is 0 Å². The second-order valence-corrected chi connectivity index (χ2v) is 8.66. The quantitative estimate of drug-likeness (QED) is 0.749. The Labute approximate surface area is 118 Å². The van der Waals surface area contributed by atoms with E-state index in [9.17, 15) is 5.11 Å². The first-order valence-corrected chi connectivity index (χ1v) is 8.79. The normalized spacial score (nSPS) is 60.5.